The molecule has 0 saturated heterocycles. The van der Waals surface area contributed by atoms with Crippen molar-refractivity contribution in [3.05, 3.63) is 42.4 Å². The Morgan fingerprint density at radius 1 is 1.42 bits per heavy atom. The van der Waals surface area contributed by atoms with Crippen molar-refractivity contribution in [2.24, 2.45) is 5.73 Å². The van der Waals surface area contributed by atoms with Crippen LogP contribution in [0.1, 0.15) is 17.3 Å². The average Bonchev–Trinajstić information content (AvgIpc) is 2.42. The highest BCUT2D eigenvalue weighted by molar-refractivity contribution is 6.00. The molecule has 0 saturated carbocycles. The number of carbonyl (C=O) groups is 1. The Hall–Kier alpha value is -2.63. The Balaban J connectivity index is 2.43. The van der Waals surface area contributed by atoms with Gasteiger partial charge in [0.1, 0.15) is 17.9 Å². The molecule has 1 heterocycles. The second-order valence-corrected chi connectivity index (χ2v) is 3.70. The van der Waals surface area contributed by atoms with Crippen molar-refractivity contribution >= 4 is 17.4 Å². The number of nitrogens with one attached hydrogen (secondary N) is 1. The van der Waals surface area contributed by atoms with Crippen LogP contribution >= 0.6 is 0 Å². The zero-order valence-corrected chi connectivity index (χ0v) is 10.5. The quantitative estimate of drug-likeness (QED) is 0.852. The molecular weight excluding hydrogens is 244 g/mol. The van der Waals surface area contributed by atoms with Crippen molar-refractivity contribution in [2.45, 2.75) is 6.92 Å². The van der Waals surface area contributed by atoms with E-state index >= 15 is 0 Å². The van der Waals surface area contributed by atoms with E-state index in [1.807, 2.05) is 6.92 Å². The number of anilines is 2. The number of nitrogens with two attached hydrogens (primary N) is 1. The molecule has 0 aliphatic carbocycles. The van der Waals surface area contributed by atoms with E-state index in [1.54, 1.807) is 30.5 Å². The molecule has 0 radical (unpaired) electrons. The molecule has 0 spiro atoms. The molecular formula is C13H14N4O2. The molecule has 0 fully saturated rings. The molecule has 19 heavy (non-hydrogen) atoms. The molecule has 0 atom stereocenters. The van der Waals surface area contributed by atoms with Gasteiger partial charge in [0, 0.05) is 6.20 Å². The fourth-order valence-electron chi connectivity index (χ4n) is 1.63. The lowest BCUT2D eigenvalue weighted by atomic mass is 10.1. The summed E-state index contributed by atoms with van der Waals surface area (Å²) >= 11 is 0. The van der Waals surface area contributed by atoms with Crippen LogP contribution in [-0.4, -0.2) is 22.5 Å². The van der Waals surface area contributed by atoms with Crippen LogP contribution in [0.5, 0.6) is 5.75 Å². The highest BCUT2D eigenvalue weighted by Gasteiger charge is 2.14. The van der Waals surface area contributed by atoms with Gasteiger partial charge in [-0.05, 0) is 25.1 Å². The van der Waals surface area contributed by atoms with Gasteiger partial charge in [-0.2, -0.15) is 0 Å². The molecule has 0 unspecified atom stereocenters. The van der Waals surface area contributed by atoms with Crippen LogP contribution in [0.15, 0.2) is 36.8 Å². The summed E-state index contributed by atoms with van der Waals surface area (Å²) in [4.78, 5) is 19.3. The van der Waals surface area contributed by atoms with Crippen molar-refractivity contribution in [1.29, 1.82) is 0 Å². The van der Waals surface area contributed by atoms with Crippen LogP contribution < -0.4 is 15.8 Å². The average molecular weight is 258 g/mol. The summed E-state index contributed by atoms with van der Waals surface area (Å²) in [6.07, 6.45) is 3.01. The number of carbonyl (C=O) groups excluding carboxylic acids is 1. The van der Waals surface area contributed by atoms with Crippen LogP contribution in [-0.2, 0) is 0 Å². The summed E-state index contributed by atoms with van der Waals surface area (Å²) in [5.41, 5.74) is 6.23. The molecule has 3 N–H and O–H groups in total. The Labute approximate surface area is 110 Å². The maximum atomic E-state index is 11.5. The maximum absolute atomic E-state index is 11.5. The molecule has 1 aromatic heterocycles. The van der Waals surface area contributed by atoms with Gasteiger partial charge < -0.3 is 15.8 Å². The van der Waals surface area contributed by atoms with Crippen molar-refractivity contribution in [3.8, 4) is 5.75 Å². The Morgan fingerprint density at radius 2 is 2.26 bits per heavy atom. The number of primary amides is 1. The van der Waals surface area contributed by atoms with Crippen molar-refractivity contribution < 1.29 is 9.53 Å². The zero-order chi connectivity index (χ0) is 13.7. The van der Waals surface area contributed by atoms with E-state index in [2.05, 4.69) is 15.3 Å². The van der Waals surface area contributed by atoms with Gasteiger partial charge >= 0.3 is 0 Å². The Bertz CT molecular complexity index is 572. The highest BCUT2D eigenvalue weighted by atomic mass is 16.5. The van der Waals surface area contributed by atoms with Gasteiger partial charge in [0.15, 0.2) is 0 Å². The van der Waals surface area contributed by atoms with Crippen LogP contribution in [0.4, 0.5) is 11.5 Å². The molecule has 6 heteroatoms. The lowest BCUT2D eigenvalue weighted by molar-refractivity contribution is 0.100. The Kier molecular flexibility index (Phi) is 3.92. The van der Waals surface area contributed by atoms with Crippen molar-refractivity contribution in [2.75, 3.05) is 11.9 Å². The number of nitrogens with zero attached hydrogens (tertiary/aromatic N) is 2. The maximum Gasteiger partial charge on any atom is 0.250 e. The lowest BCUT2D eigenvalue weighted by Gasteiger charge is -2.14. The zero-order valence-electron chi connectivity index (χ0n) is 10.5. The van der Waals surface area contributed by atoms with Gasteiger partial charge in [-0.15, -0.1) is 0 Å². The van der Waals surface area contributed by atoms with Gasteiger partial charge in [-0.1, -0.05) is 6.07 Å². The first kappa shape index (κ1) is 12.8. The third kappa shape index (κ3) is 2.98. The number of benzene rings is 1. The van der Waals surface area contributed by atoms with E-state index in [-0.39, 0.29) is 0 Å². The van der Waals surface area contributed by atoms with Gasteiger partial charge in [0.2, 0.25) is 0 Å². The van der Waals surface area contributed by atoms with E-state index in [1.165, 1.54) is 6.33 Å². The molecule has 0 aliphatic heterocycles. The standard InChI is InChI=1S/C13H14N4O2/c1-2-19-10-5-3-4-9(13(14)18)12(10)17-11-6-7-15-8-16-11/h3-8H,2H2,1H3,(H2,14,18)(H,15,16,17). The molecule has 1 amide bonds. The summed E-state index contributed by atoms with van der Waals surface area (Å²) in [5, 5.41) is 3.03. The number of amides is 1. The minimum atomic E-state index is -0.530. The molecule has 6 nitrogen and oxygen atoms in total. The third-order valence-electron chi connectivity index (χ3n) is 2.43. The molecule has 0 bridgehead atoms. The molecule has 98 valence electrons. The lowest BCUT2D eigenvalue weighted by Crippen LogP contribution is -2.14. The number of rotatable bonds is 5. The number of para-hydroxylation sites is 1. The topological polar surface area (TPSA) is 90.1 Å². The normalized spacial score (nSPS) is 9.95. The van der Waals surface area contributed by atoms with E-state index in [0.29, 0.717) is 29.4 Å². The van der Waals surface area contributed by atoms with E-state index < -0.39 is 5.91 Å². The summed E-state index contributed by atoms with van der Waals surface area (Å²) in [6.45, 7) is 2.35. The number of aromatic nitrogens is 2. The van der Waals surface area contributed by atoms with Crippen LogP contribution in [0.25, 0.3) is 0 Å². The van der Waals surface area contributed by atoms with Crippen LogP contribution in [0, 0.1) is 0 Å². The smallest absolute Gasteiger partial charge is 0.250 e. The summed E-state index contributed by atoms with van der Waals surface area (Å²) in [5.74, 6) is 0.583. The molecule has 2 aromatic rings. The van der Waals surface area contributed by atoms with Gasteiger partial charge in [0.25, 0.3) is 5.91 Å². The minimum absolute atomic E-state index is 0.351. The van der Waals surface area contributed by atoms with Crippen LogP contribution in [0.3, 0.4) is 0 Å². The molecule has 0 aliphatic rings. The third-order valence-corrected chi connectivity index (χ3v) is 2.43. The highest BCUT2D eigenvalue weighted by Crippen LogP contribution is 2.30. The van der Waals surface area contributed by atoms with Gasteiger partial charge in [0.05, 0.1) is 17.9 Å². The molecule has 1 aromatic carbocycles. The number of ether oxygens (including phenoxy) is 1. The number of hydrogen-bond donors (Lipinski definition) is 2. The largest absolute Gasteiger partial charge is 0.492 e. The van der Waals surface area contributed by atoms with E-state index in [4.69, 9.17) is 10.5 Å². The fourth-order valence-corrected chi connectivity index (χ4v) is 1.63. The van der Waals surface area contributed by atoms with E-state index in [0.717, 1.165) is 0 Å². The van der Waals surface area contributed by atoms with E-state index in [9.17, 15) is 4.79 Å². The predicted molar refractivity (Wildman–Crippen MR) is 71.4 cm³/mol. The van der Waals surface area contributed by atoms with Crippen LogP contribution in [0.2, 0.25) is 0 Å². The number of hydrogen-bond acceptors (Lipinski definition) is 5. The Morgan fingerprint density at radius 3 is 2.89 bits per heavy atom. The first-order chi connectivity index (χ1) is 9.22. The summed E-state index contributed by atoms with van der Waals surface area (Å²) in [7, 11) is 0. The molecule has 2 rings (SSSR count). The fraction of sp³-hybridized carbons (Fsp3) is 0.154. The van der Waals surface area contributed by atoms with Gasteiger partial charge in [-0.3, -0.25) is 4.79 Å². The SMILES string of the molecule is CCOc1cccc(C(N)=O)c1Nc1ccncn1. The first-order valence-corrected chi connectivity index (χ1v) is 5.81. The summed E-state index contributed by atoms with van der Waals surface area (Å²) < 4.78 is 5.49. The summed E-state index contributed by atoms with van der Waals surface area (Å²) in [6, 6.07) is 6.80. The van der Waals surface area contributed by atoms with Crippen molar-refractivity contribution in [3.63, 3.8) is 0 Å². The monoisotopic (exact) mass is 258 g/mol. The minimum Gasteiger partial charge on any atom is -0.492 e. The van der Waals surface area contributed by atoms with Gasteiger partial charge in [-0.25, -0.2) is 9.97 Å². The van der Waals surface area contributed by atoms with Crippen molar-refractivity contribution in [1.82, 2.24) is 9.97 Å². The second kappa shape index (κ2) is 5.81. The first-order valence-electron chi connectivity index (χ1n) is 5.81. The second-order valence-electron chi connectivity index (χ2n) is 3.70. The predicted octanol–water partition coefficient (Wildman–Crippen LogP) is 1.72.